The van der Waals surface area contributed by atoms with Gasteiger partial charge in [-0.2, -0.15) is 5.10 Å². The number of benzene rings is 2. The monoisotopic (exact) mass is 446 g/mol. The van der Waals surface area contributed by atoms with Crippen molar-refractivity contribution < 1.29 is 18.7 Å². The highest BCUT2D eigenvalue weighted by Gasteiger charge is 2.28. The van der Waals surface area contributed by atoms with E-state index in [1.165, 1.54) is 11.5 Å². The van der Waals surface area contributed by atoms with Gasteiger partial charge in [0.25, 0.3) is 5.91 Å². The van der Waals surface area contributed by atoms with Crippen LogP contribution in [-0.4, -0.2) is 32.8 Å². The van der Waals surface area contributed by atoms with Crippen LogP contribution in [0.15, 0.2) is 69.9 Å². The first-order valence-electron chi connectivity index (χ1n) is 10.7. The molecule has 33 heavy (non-hydrogen) atoms. The van der Waals surface area contributed by atoms with E-state index in [2.05, 4.69) is 10.4 Å². The highest BCUT2D eigenvalue weighted by Crippen LogP contribution is 2.40. The van der Waals surface area contributed by atoms with Crippen molar-refractivity contribution in [2.45, 2.75) is 31.7 Å². The van der Waals surface area contributed by atoms with Crippen LogP contribution in [0, 0.1) is 0 Å². The molecule has 1 saturated carbocycles. The summed E-state index contributed by atoms with van der Waals surface area (Å²) >= 11 is 0. The van der Waals surface area contributed by atoms with E-state index in [0.29, 0.717) is 22.8 Å². The van der Waals surface area contributed by atoms with E-state index in [1.807, 2.05) is 36.4 Å². The molecule has 2 heterocycles. The number of carbonyl (C=O) groups excluding carboxylic acids is 2. The number of nitrogens with one attached hydrogen (secondary N) is 1. The van der Waals surface area contributed by atoms with Crippen molar-refractivity contribution in [1.29, 1.82) is 0 Å². The summed E-state index contributed by atoms with van der Waals surface area (Å²) < 4.78 is 13.2. The lowest BCUT2D eigenvalue weighted by atomic mass is 10.3. The fourth-order valence-corrected chi connectivity index (χ4v) is 3.73. The molecule has 168 valence electrons. The van der Waals surface area contributed by atoms with Crippen LogP contribution in [0.4, 0.5) is 5.82 Å². The highest BCUT2D eigenvalue weighted by atomic mass is 16.5. The lowest BCUT2D eigenvalue weighted by molar-refractivity contribution is -0.150. The van der Waals surface area contributed by atoms with E-state index in [9.17, 15) is 14.4 Å². The van der Waals surface area contributed by atoms with Crippen molar-refractivity contribution >= 4 is 28.8 Å². The second-order valence-corrected chi connectivity index (χ2v) is 8.01. The van der Waals surface area contributed by atoms with Gasteiger partial charge in [-0.25, -0.2) is 14.3 Å². The zero-order valence-corrected chi connectivity index (χ0v) is 17.9. The SMILES string of the molecule is CC(C(=O)OCC(=O)Nc1cc(C2CC2)nn1-c1ccccc1)n1c(=O)oc2ccccc21. The predicted molar refractivity (Wildman–Crippen MR) is 120 cm³/mol. The van der Waals surface area contributed by atoms with Crippen LogP contribution in [0.2, 0.25) is 0 Å². The number of aromatic nitrogens is 3. The van der Waals surface area contributed by atoms with Crippen LogP contribution in [0.1, 0.15) is 37.4 Å². The lowest BCUT2D eigenvalue weighted by Gasteiger charge is -2.13. The van der Waals surface area contributed by atoms with E-state index in [-0.39, 0.29) is 0 Å². The molecule has 0 bridgehead atoms. The molecule has 1 N–H and O–H groups in total. The fraction of sp³-hybridized carbons (Fsp3) is 0.250. The van der Waals surface area contributed by atoms with Gasteiger partial charge in [-0.3, -0.25) is 9.36 Å². The zero-order valence-electron chi connectivity index (χ0n) is 17.9. The van der Waals surface area contributed by atoms with Crippen molar-refractivity contribution in [1.82, 2.24) is 14.3 Å². The number of hydrogen-bond acceptors (Lipinski definition) is 6. The Morgan fingerprint density at radius 3 is 2.64 bits per heavy atom. The fourth-order valence-electron chi connectivity index (χ4n) is 3.73. The van der Waals surface area contributed by atoms with Gasteiger partial charge >= 0.3 is 11.7 Å². The van der Waals surface area contributed by atoms with E-state index in [4.69, 9.17) is 9.15 Å². The first-order valence-corrected chi connectivity index (χ1v) is 10.7. The number of nitrogens with zero attached hydrogens (tertiary/aromatic N) is 3. The Morgan fingerprint density at radius 1 is 1.15 bits per heavy atom. The summed E-state index contributed by atoms with van der Waals surface area (Å²) in [6.07, 6.45) is 2.16. The molecule has 5 rings (SSSR count). The van der Waals surface area contributed by atoms with Gasteiger partial charge in [0.05, 0.1) is 16.9 Å². The van der Waals surface area contributed by atoms with E-state index in [1.54, 1.807) is 28.9 Å². The summed E-state index contributed by atoms with van der Waals surface area (Å²) in [5, 5.41) is 7.42. The minimum atomic E-state index is -0.953. The number of ether oxygens (including phenoxy) is 1. The molecule has 1 aliphatic carbocycles. The van der Waals surface area contributed by atoms with Crippen LogP contribution in [0.3, 0.4) is 0 Å². The van der Waals surface area contributed by atoms with Crippen LogP contribution < -0.4 is 11.1 Å². The van der Waals surface area contributed by atoms with Gasteiger partial charge in [-0.15, -0.1) is 0 Å². The minimum Gasteiger partial charge on any atom is -0.454 e. The molecule has 1 aliphatic rings. The third-order valence-corrected chi connectivity index (χ3v) is 5.58. The number of hydrogen-bond donors (Lipinski definition) is 1. The third-order valence-electron chi connectivity index (χ3n) is 5.58. The molecule has 9 nitrogen and oxygen atoms in total. The third kappa shape index (κ3) is 4.17. The molecular formula is C24H22N4O5. The Bertz CT molecular complexity index is 1380. The van der Waals surface area contributed by atoms with Crippen molar-refractivity contribution in [3.63, 3.8) is 0 Å². The van der Waals surface area contributed by atoms with Crippen molar-refractivity contribution in [3.8, 4) is 5.69 Å². The smallest absolute Gasteiger partial charge is 0.420 e. The Labute approximate surface area is 188 Å². The normalized spacial score (nSPS) is 14.2. The first kappa shape index (κ1) is 20.7. The van der Waals surface area contributed by atoms with Gasteiger partial charge in [0.2, 0.25) is 0 Å². The number of anilines is 1. The van der Waals surface area contributed by atoms with Crippen LogP contribution in [-0.2, 0) is 14.3 Å². The van der Waals surface area contributed by atoms with E-state index >= 15 is 0 Å². The summed E-state index contributed by atoms with van der Waals surface area (Å²) in [5.41, 5.74) is 2.60. The van der Waals surface area contributed by atoms with Gasteiger partial charge in [0.15, 0.2) is 12.2 Å². The van der Waals surface area contributed by atoms with Crippen molar-refractivity contribution in [2.75, 3.05) is 11.9 Å². The molecule has 2 aromatic heterocycles. The maximum absolute atomic E-state index is 12.6. The molecule has 0 radical (unpaired) electrons. The largest absolute Gasteiger partial charge is 0.454 e. The van der Waals surface area contributed by atoms with Crippen molar-refractivity contribution in [2.24, 2.45) is 0 Å². The number of oxazole rings is 1. The topological polar surface area (TPSA) is 108 Å². The maximum atomic E-state index is 12.6. The molecule has 1 atom stereocenters. The standard InChI is InChI=1S/C24H22N4O5/c1-15(27-19-9-5-6-10-20(19)33-24(27)31)23(30)32-14-22(29)25-21-13-18(16-11-12-16)26-28(21)17-7-3-2-4-8-17/h2-10,13,15-16H,11-12,14H2,1H3,(H,25,29). The summed E-state index contributed by atoms with van der Waals surface area (Å²) in [4.78, 5) is 37.3. The Balaban J connectivity index is 1.28. The molecule has 0 aliphatic heterocycles. The number of fused-ring (bicyclic) bond motifs is 1. The predicted octanol–water partition coefficient (Wildman–Crippen LogP) is 3.40. The molecule has 0 spiro atoms. The summed E-state index contributed by atoms with van der Waals surface area (Å²) in [6.45, 7) is 1.03. The molecule has 0 saturated heterocycles. The number of rotatable bonds is 7. The zero-order chi connectivity index (χ0) is 22.9. The molecule has 1 fully saturated rings. The maximum Gasteiger partial charge on any atom is 0.420 e. The molecule has 4 aromatic rings. The average molecular weight is 446 g/mol. The molecule has 1 unspecified atom stereocenters. The number of esters is 1. The van der Waals surface area contributed by atoms with Gasteiger partial charge < -0.3 is 14.5 Å². The van der Waals surface area contributed by atoms with E-state index < -0.39 is 30.3 Å². The molecule has 9 heteroatoms. The number of para-hydroxylation sites is 3. The number of carbonyl (C=O) groups is 2. The highest BCUT2D eigenvalue weighted by molar-refractivity contribution is 5.92. The minimum absolute atomic E-state index is 0.375. The molecule has 1 amide bonds. The Hall–Kier alpha value is -4.14. The van der Waals surface area contributed by atoms with Crippen LogP contribution >= 0.6 is 0 Å². The van der Waals surface area contributed by atoms with E-state index in [0.717, 1.165) is 24.2 Å². The van der Waals surface area contributed by atoms with Gasteiger partial charge in [-0.1, -0.05) is 30.3 Å². The number of amides is 1. The summed E-state index contributed by atoms with van der Waals surface area (Å²) in [5.74, 6) is -0.959. The lowest BCUT2D eigenvalue weighted by Crippen LogP contribution is -2.29. The van der Waals surface area contributed by atoms with Crippen LogP contribution in [0.25, 0.3) is 16.8 Å². The second-order valence-electron chi connectivity index (χ2n) is 8.01. The summed E-state index contributed by atoms with van der Waals surface area (Å²) in [6, 6.07) is 17.2. The van der Waals surface area contributed by atoms with Crippen LogP contribution in [0.5, 0.6) is 0 Å². The quantitative estimate of drug-likeness (QED) is 0.436. The average Bonchev–Trinajstić information content (AvgIpc) is 3.51. The summed E-state index contributed by atoms with van der Waals surface area (Å²) in [7, 11) is 0. The Kier molecular flexibility index (Phi) is 5.29. The van der Waals surface area contributed by atoms with Gasteiger partial charge in [0.1, 0.15) is 11.9 Å². The molecular weight excluding hydrogens is 424 g/mol. The van der Waals surface area contributed by atoms with Gasteiger partial charge in [0, 0.05) is 12.0 Å². The Morgan fingerprint density at radius 2 is 1.88 bits per heavy atom. The van der Waals surface area contributed by atoms with Crippen molar-refractivity contribution in [3.05, 3.63) is 76.9 Å². The second kappa shape index (κ2) is 8.42. The molecule has 2 aromatic carbocycles. The van der Waals surface area contributed by atoms with Gasteiger partial charge in [-0.05, 0) is 44.0 Å². The first-order chi connectivity index (χ1) is 16.0.